The Hall–Kier alpha value is -1.06. The molecule has 1 N–H and O–H groups in total. The Morgan fingerprint density at radius 2 is 2.05 bits per heavy atom. The molecule has 0 aliphatic heterocycles. The van der Waals surface area contributed by atoms with E-state index in [9.17, 15) is 4.39 Å². The van der Waals surface area contributed by atoms with Gasteiger partial charge in [0.05, 0.1) is 10.5 Å². The van der Waals surface area contributed by atoms with Crippen LogP contribution in [0.1, 0.15) is 30.5 Å². The highest BCUT2D eigenvalue weighted by atomic mass is 79.9. The Morgan fingerprint density at radius 1 is 1.30 bits per heavy atom. The second-order valence-electron chi connectivity index (χ2n) is 4.74. The highest BCUT2D eigenvalue weighted by molar-refractivity contribution is 9.10. The van der Waals surface area contributed by atoms with E-state index >= 15 is 0 Å². The van der Waals surface area contributed by atoms with Crippen LogP contribution in [0.3, 0.4) is 0 Å². The quantitative estimate of drug-likeness (QED) is 0.696. The van der Waals surface area contributed by atoms with Crippen LogP contribution in [0, 0.1) is 12.7 Å². The van der Waals surface area contributed by atoms with Crippen molar-refractivity contribution < 1.29 is 4.39 Å². The predicted molar refractivity (Wildman–Crippen MR) is 86.9 cm³/mol. The second kappa shape index (κ2) is 6.59. The molecule has 0 saturated carbocycles. The molecule has 1 nitrogen and oxygen atoms in total. The lowest BCUT2D eigenvalue weighted by Crippen LogP contribution is -2.10. The minimum atomic E-state index is -0.246. The summed E-state index contributed by atoms with van der Waals surface area (Å²) in [5.74, 6) is -0.246. The predicted octanol–water partition coefficient (Wildman–Crippen LogP) is 6.11. The number of anilines is 1. The number of hydrogen-bond acceptors (Lipinski definition) is 1. The van der Waals surface area contributed by atoms with Gasteiger partial charge in [-0.15, -0.1) is 0 Å². The largest absolute Gasteiger partial charge is 0.378 e. The third-order valence-corrected chi connectivity index (χ3v) is 4.10. The summed E-state index contributed by atoms with van der Waals surface area (Å²) in [7, 11) is 0. The van der Waals surface area contributed by atoms with Crippen LogP contribution in [0.15, 0.2) is 40.9 Å². The lowest BCUT2D eigenvalue weighted by atomic mass is 10.0. The zero-order valence-corrected chi connectivity index (χ0v) is 13.7. The van der Waals surface area contributed by atoms with Crippen LogP contribution in [-0.2, 0) is 0 Å². The average molecular weight is 357 g/mol. The summed E-state index contributed by atoms with van der Waals surface area (Å²) in [5, 5.41) is 4.18. The summed E-state index contributed by atoms with van der Waals surface area (Å²) >= 11 is 9.27. The molecule has 0 aliphatic rings. The van der Waals surface area contributed by atoms with Gasteiger partial charge >= 0.3 is 0 Å². The van der Waals surface area contributed by atoms with Gasteiger partial charge in [0.25, 0.3) is 0 Å². The van der Waals surface area contributed by atoms with Gasteiger partial charge in [0.2, 0.25) is 0 Å². The molecular formula is C16H16BrClFN. The number of halogens is 3. The Bertz CT molecular complexity index is 615. The van der Waals surface area contributed by atoms with Gasteiger partial charge in [0.15, 0.2) is 0 Å². The summed E-state index contributed by atoms with van der Waals surface area (Å²) in [6.07, 6.45) is 0.911. The number of aryl methyl sites for hydroxylation is 1. The van der Waals surface area contributed by atoms with E-state index in [4.69, 9.17) is 11.6 Å². The zero-order chi connectivity index (χ0) is 14.7. The molecule has 0 bridgehead atoms. The van der Waals surface area contributed by atoms with E-state index in [2.05, 4.69) is 28.2 Å². The summed E-state index contributed by atoms with van der Waals surface area (Å²) in [5.41, 5.74) is 2.93. The van der Waals surface area contributed by atoms with E-state index in [1.807, 2.05) is 31.2 Å². The molecule has 0 saturated heterocycles. The Kier molecular flexibility index (Phi) is 5.06. The third-order valence-electron chi connectivity index (χ3n) is 3.26. The number of benzene rings is 2. The first kappa shape index (κ1) is 15.3. The number of nitrogens with one attached hydrogen (secondary N) is 1. The second-order valence-corrected chi connectivity index (χ2v) is 6.03. The molecule has 1 atom stereocenters. The van der Waals surface area contributed by atoms with Crippen molar-refractivity contribution in [3.8, 4) is 0 Å². The first-order valence-corrected chi connectivity index (χ1v) is 7.66. The van der Waals surface area contributed by atoms with Crippen LogP contribution in [-0.4, -0.2) is 0 Å². The van der Waals surface area contributed by atoms with Gasteiger partial charge in [-0.25, -0.2) is 4.39 Å². The molecule has 0 amide bonds. The van der Waals surface area contributed by atoms with Crippen molar-refractivity contribution in [2.45, 2.75) is 26.3 Å². The normalized spacial score (nSPS) is 12.2. The fraction of sp³-hybridized carbons (Fsp3) is 0.250. The third kappa shape index (κ3) is 3.53. The number of rotatable bonds is 4. The SMILES string of the molecule is CCC(Nc1cc(Br)c(F)cc1C)c1cccc(Cl)c1. The van der Waals surface area contributed by atoms with Crippen LogP contribution in [0.5, 0.6) is 0 Å². The highest BCUT2D eigenvalue weighted by Crippen LogP contribution is 2.29. The molecule has 0 aliphatic carbocycles. The topological polar surface area (TPSA) is 12.0 Å². The number of hydrogen-bond donors (Lipinski definition) is 1. The Balaban J connectivity index is 2.29. The average Bonchev–Trinajstić information content (AvgIpc) is 2.41. The molecule has 0 aromatic heterocycles. The molecular weight excluding hydrogens is 341 g/mol. The minimum Gasteiger partial charge on any atom is -0.378 e. The summed E-state index contributed by atoms with van der Waals surface area (Å²) in [4.78, 5) is 0. The van der Waals surface area contributed by atoms with Gasteiger partial charge < -0.3 is 5.32 Å². The van der Waals surface area contributed by atoms with Crippen molar-refractivity contribution in [2.75, 3.05) is 5.32 Å². The van der Waals surface area contributed by atoms with E-state index in [0.29, 0.717) is 4.47 Å². The maximum absolute atomic E-state index is 13.5. The van der Waals surface area contributed by atoms with Gasteiger partial charge in [-0.1, -0.05) is 30.7 Å². The summed E-state index contributed by atoms with van der Waals surface area (Å²) in [6.45, 7) is 4.00. The molecule has 2 aromatic rings. The lowest BCUT2D eigenvalue weighted by Gasteiger charge is -2.21. The van der Waals surface area contributed by atoms with E-state index < -0.39 is 0 Å². The van der Waals surface area contributed by atoms with Crippen molar-refractivity contribution >= 4 is 33.2 Å². The zero-order valence-electron chi connectivity index (χ0n) is 11.4. The summed E-state index contributed by atoms with van der Waals surface area (Å²) < 4.78 is 13.9. The van der Waals surface area contributed by atoms with Crippen molar-refractivity contribution in [3.05, 3.63) is 62.8 Å². The molecule has 106 valence electrons. The first-order chi connectivity index (χ1) is 9.51. The molecule has 0 spiro atoms. The van der Waals surface area contributed by atoms with E-state index in [1.165, 1.54) is 6.07 Å². The minimum absolute atomic E-state index is 0.143. The summed E-state index contributed by atoms with van der Waals surface area (Å²) in [6, 6.07) is 11.2. The highest BCUT2D eigenvalue weighted by Gasteiger charge is 2.12. The van der Waals surface area contributed by atoms with Crippen molar-refractivity contribution in [3.63, 3.8) is 0 Å². The van der Waals surface area contributed by atoms with Crippen molar-refractivity contribution in [1.29, 1.82) is 0 Å². The van der Waals surface area contributed by atoms with E-state index in [0.717, 1.165) is 28.3 Å². The molecule has 4 heteroatoms. The maximum atomic E-state index is 13.5. The first-order valence-electron chi connectivity index (χ1n) is 6.49. The molecule has 0 heterocycles. The van der Waals surface area contributed by atoms with E-state index in [1.54, 1.807) is 6.07 Å². The van der Waals surface area contributed by atoms with Gasteiger partial charge in [-0.3, -0.25) is 0 Å². The van der Waals surface area contributed by atoms with Gasteiger partial charge in [0, 0.05) is 10.7 Å². The van der Waals surface area contributed by atoms with Crippen LogP contribution < -0.4 is 5.32 Å². The molecule has 2 aromatic carbocycles. The van der Waals surface area contributed by atoms with Crippen LogP contribution in [0.25, 0.3) is 0 Å². The Morgan fingerprint density at radius 3 is 2.70 bits per heavy atom. The fourth-order valence-electron chi connectivity index (χ4n) is 2.13. The van der Waals surface area contributed by atoms with Gasteiger partial charge in [-0.2, -0.15) is 0 Å². The maximum Gasteiger partial charge on any atom is 0.137 e. The molecule has 0 radical (unpaired) electrons. The lowest BCUT2D eigenvalue weighted by molar-refractivity contribution is 0.619. The Labute approximate surface area is 132 Å². The van der Waals surface area contributed by atoms with Crippen molar-refractivity contribution in [1.82, 2.24) is 0 Å². The van der Waals surface area contributed by atoms with Crippen molar-refractivity contribution in [2.24, 2.45) is 0 Å². The fourth-order valence-corrected chi connectivity index (χ4v) is 2.68. The smallest absolute Gasteiger partial charge is 0.137 e. The van der Waals surface area contributed by atoms with Crippen LogP contribution in [0.4, 0.5) is 10.1 Å². The van der Waals surface area contributed by atoms with E-state index in [-0.39, 0.29) is 11.9 Å². The molecule has 0 fully saturated rings. The standard InChI is InChI=1S/C16H16BrClFN/c1-3-15(11-5-4-6-12(18)8-11)20-16-9-13(17)14(19)7-10(16)2/h4-9,15,20H,3H2,1-2H3. The van der Waals surface area contributed by atoms with Gasteiger partial charge in [0.1, 0.15) is 5.82 Å². The van der Waals surface area contributed by atoms with Crippen LogP contribution >= 0.6 is 27.5 Å². The molecule has 1 unspecified atom stereocenters. The monoisotopic (exact) mass is 355 g/mol. The van der Waals surface area contributed by atoms with Gasteiger partial charge in [-0.05, 0) is 64.7 Å². The van der Waals surface area contributed by atoms with Crippen LogP contribution in [0.2, 0.25) is 5.02 Å². The molecule has 2 rings (SSSR count). The molecule has 20 heavy (non-hydrogen) atoms.